The summed E-state index contributed by atoms with van der Waals surface area (Å²) >= 11 is 3.44. The zero-order chi connectivity index (χ0) is 27.1. The van der Waals surface area contributed by atoms with Crippen molar-refractivity contribution in [2.24, 2.45) is 5.11 Å². The molecule has 1 aliphatic rings. The van der Waals surface area contributed by atoms with Gasteiger partial charge in [-0.25, -0.2) is 0 Å². The third kappa shape index (κ3) is 6.13. The fourth-order valence-corrected chi connectivity index (χ4v) is 5.12. The lowest BCUT2D eigenvalue weighted by Gasteiger charge is -2.34. The van der Waals surface area contributed by atoms with Crippen LogP contribution in [0.3, 0.4) is 0 Å². The molecular weight excluding hydrogens is 546 g/mol. The van der Waals surface area contributed by atoms with Crippen LogP contribution in [0.2, 0.25) is 0 Å². The molecule has 0 aliphatic heterocycles. The minimum Gasteiger partial charge on any atom is -0.351 e. The molecule has 0 spiro atoms. The van der Waals surface area contributed by atoms with Crippen LogP contribution in [0, 0.1) is 0 Å². The molecule has 2 amide bonds. The number of ketones is 1. The number of nitrogens with zero attached hydrogens (tertiary/aromatic N) is 4. The van der Waals surface area contributed by atoms with Gasteiger partial charge in [0.25, 0.3) is 5.91 Å². The van der Waals surface area contributed by atoms with Crippen LogP contribution in [0.25, 0.3) is 10.4 Å². The van der Waals surface area contributed by atoms with E-state index in [-0.39, 0.29) is 29.0 Å². The SMILES string of the molecule is CC(=O)c1ccccc1N(C(=O)c1ccccc1N=[N+]=[N-])C(C(=O)NC1CCCCC1)c1ccc(Br)cc1. The standard InChI is InChI=1S/C29H28BrN5O3/c1-19(36)23-11-6-8-14-26(23)35(29(38)24-12-5-7-13-25(24)33-34-31)27(20-15-17-21(30)18-16-20)28(37)32-22-9-3-2-4-10-22/h5-8,11-18,22,27H,2-4,9-10H2,1H3,(H,32,37). The second-order valence-electron chi connectivity index (χ2n) is 9.25. The number of Topliss-reactive ketones (excluding diaryl/α,β-unsaturated/α-hetero) is 1. The van der Waals surface area contributed by atoms with Gasteiger partial charge in [-0.1, -0.05) is 82.8 Å². The van der Waals surface area contributed by atoms with Gasteiger partial charge in [-0.15, -0.1) is 0 Å². The molecule has 38 heavy (non-hydrogen) atoms. The topological polar surface area (TPSA) is 115 Å². The van der Waals surface area contributed by atoms with Gasteiger partial charge in [0, 0.05) is 26.6 Å². The minimum atomic E-state index is -1.09. The molecule has 194 valence electrons. The normalized spacial score (nSPS) is 14.2. The summed E-state index contributed by atoms with van der Waals surface area (Å²) in [7, 11) is 0. The highest BCUT2D eigenvalue weighted by Gasteiger charge is 2.36. The summed E-state index contributed by atoms with van der Waals surface area (Å²) in [6, 6.07) is 19.2. The Morgan fingerprint density at radius 3 is 2.24 bits per heavy atom. The number of hydrogen-bond donors (Lipinski definition) is 1. The van der Waals surface area contributed by atoms with Crippen molar-refractivity contribution in [1.82, 2.24) is 5.32 Å². The van der Waals surface area contributed by atoms with Crippen molar-refractivity contribution in [3.8, 4) is 0 Å². The molecule has 3 aromatic rings. The average Bonchev–Trinajstić information content (AvgIpc) is 2.93. The first-order chi connectivity index (χ1) is 18.4. The van der Waals surface area contributed by atoms with Crippen molar-refractivity contribution in [1.29, 1.82) is 0 Å². The molecule has 4 rings (SSSR count). The first-order valence-electron chi connectivity index (χ1n) is 12.5. The predicted molar refractivity (Wildman–Crippen MR) is 150 cm³/mol. The quantitative estimate of drug-likeness (QED) is 0.131. The van der Waals surface area contributed by atoms with Crippen LogP contribution < -0.4 is 10.2 Å². The van der Waals surface area contributed by atoms with Crippen molar-refractivity contribution in [3.63, 3.8) is 0 Å². The van der Waals surface area contributed by atoms with Crippen LogP contribution in [0.5, 0.6) is 0 Å². The third-order valence-electron chi connectivity index (χ3n) is 6.69. The van der Waals surface area contributed by atoms with Crippen LogP contribution in [0.15, 0.2) is 82.4 Å². The van der Waals surface area contributed by atoms with Gasteiger partial charge < -0.3 is 5.32 Å². The van der Waals surface area contributed by atoms with Crippen molar-refractivity contribution in [3.05, 3.63) is 104 Å². The maximum absolute atomic E-state index is 14.3. The number of carbonyl (C=O) groups is 3. The average molecular weight is 574 g/mol. The summed E-state index contributed by atoms with van der Waals surface area (Å²) in [4.78, 5) is 45.3. The van der Waals surface area contributed by atoms with Crippen molar-refractivity contribution in [2.45, 2.75) is 51.1 Å². The van der Waals surface area contributed by atoms with Crippen LogP contribution in [-0.2, 0) is 4.79 Å². The lowest BCUT2D eigenvalue weighted by molar-refractivity contribution is -0.123. The Kier molecular flexibility index (Phi) is 8.94. The van der Waals surface area contributed by atoms with E-state index < -0.39 is 11.9 Å². The van der Waals surface area contributed by atoms with Crippen molar-refractivity contribution < 1.29 is 14.4 Å². The summed E-state index contributed by atoms with van der Waals surface area (Å²) in [6.45, 7) is 1.42. The summed E-state index contributed by atoms with van der Waals surface area (Å²) in [6.07, 6.45) is 4.94. The molecule has 1 atom stereocenters. The monoisotopic (exact) mass is 573 g/mol. The molecule has 1 unspecified atom stereocenters. The Hall–Kier alpha value is -3.94. The van der Waals surface area contributed by atoms with Gasteiger partial charge in [-0.2, -0.15) is 0 Å². The molecule has 0 bridgehead atoms. The Morgan fingerprint density at radius 1 is 0.947 bits per heavy atom. The van der Waals surface area contributed by atoms with Crippen LogP contribution >= 0.6 is 15.9 Å². The molecule has 0 radical (unpaired) electrons. The Morgan fingerprint density at radius 2 is 1.58 bits per heavy atom. The van der Waals surface area contributed by atoms with E-state index in [1.165, 1.54) is 11.8 Å². The molecule has 1 fully saturated rings. The number of halogens is 1. The number of hydrogen-bond acceptors (Lipinski definition) is 4. The molecule has 3 aromatic carbocycles. The number of nitrogens with one attached hydrogen (secondary N) is 1. The first-order valence-corrected chi connectivity index (χ1v) is 13.3. The van der Waals surface area contributed by atoms with E-state index in [1.54, 1.807) is 60.7 Å². The number of benzene rings is 3. The number of azide groups is 1. The maximum Gasteiger partial charge on any atom is 0.259 e. The van der Waals surface area contributed by atoms with Crippen LogP contribution in [0.4, 0.5) is 11.4 Å². The van der Waals surface area contributed by atoms with E-state index in [0.717, 1.165) is 36.6 Å². The van der Waals surface area contributed by atoms with Gasteiger partial charge in [-0.05, 0) is 61.2 Å². The Labute approximate surface area is 229 Å². The van der Waals surface area contributed by atoms with E-state index in [1.807, 2.05) is 12.1 Å². The molecular formula is C29H28BrN5O3. The largest absolute Gasteiger partial charge is 0.351 e. The number of para-hydroxylation sites is 1. The molecule has 1 saturated carbocycles. The molecule has 9 heteroatoms. The van der Waals surface area contributed by atoms with Gasteiger partial charge in [-0.3, -0.25) is 19.3 Å². The van der Waals surface area contributed by atoms with Gasteiger partial charge in [0.15, 0.2) is 5.78 Å². The third-order valence-corrected chi connectivity index (χ3v) is 7.22. The molecule has 0 aromatic heterocycles. The summed E-state index contributed by atoms with van der Waals surface area (Å²) < 4.78 is 0.823. The highest BCUT2D eigenvalue weighted by molar-refractivity contribution is 9.10. The van der Waals surface area contributed by atoms with Gasteiger partial charge >= 0.3 is 0 Å². The predicted octanol–water partition coefficient (Wildman–Crippen LogP) is 7.43. The highest BCUT2D eigenvalue weighted by atomic mass is 79.9. The van der Waals surface area contributed by atoms with Gasteiger partial charge in [0.2, 0.25) is 5.91 Å². The highest BCUT2D eigenvalue weighted by Crippen LogP contribution is 2.35. The Balaban J connectivity index is 1.92. The van der Waals surface area contributed by atoms with Crippen LogP contribution in [-0.4, -0.2) is 23.6 Å². The maximum atomic E-state index is 14.3. The number of carbonyl (C=O) groups excluding carboxylic acids is 3. The fourth-order valence-electron chi connectivity index (χ4n) is 4.86. The molecule has 1 N–H and O–H groups in total. The van der Waals surface area contributed by atoms with E-state index in [9.17, 15) is 14.4 Å². The van der Waals surface area contributed by atoms with E-state index in [4.69, 9.17) is 5.53 Å². The van der Waals surface area contributed by atoms with Gasteiger partial charge in [0.05, 0.1) is 11.4 Å². The fraction of sp³-hybridized carbons (Fsp3) is 0.276. The van der Waals surface area contributed by atoms with E-state index >= 15 is 0 Å². The number of rotatable bonds is 8. The summed E-state index contributed by atoms with van der Waals surface area (Å²) in [5, 5.41) is 6.87. The molecule has 8 nitrogen and oxygen atoms in total. The minimum absolute atomic E-state index is 0.00433. The van der Waals surface area contributed by atoms with Gasteiger partial charge in [0.1, 0.15) is 6.04 Å². The van der Waals surface area contributed by atoms with Crippen LogP contribution in [0.1, 0.15) is 71.3 Å². The lowest BCUT2D eigenvalue weighted by Crippen LogP contribution is -2.47. The molecule has 1 aliphatic carbocycles. The lowest BCUT2D eigenvalue weighted by atomic mass is 9.94. The zero-order valence-corrected chi connectivity index (χ0v) is 22.6. The number of anilines is 1. The summed E-state index contributed by atoms with van der Waals surface area (Å²) in [5.41, 5.74) is 10.5. The smallest absolute Gasteiger partial charge is 0.259 e. The van der Waals surface area contributed by atoms with E-state index in [2.05, 4.69) is 31.3 Å². The van der Waals surface area contributed by atoms with Crippen molar-refractivity contribution >= 4 is 44.9 Å². The second-order valence-corrected chi connectivity index (χ2v) is 10.2. The Bertz CT molecular complexity index is 1380. The molecule has 0 heterocycles. The first kappa shape index (κ1) is 27.1. The molecule has 0 saturated heterocycles. The van der Waals surface area contributed by atoms with E-state index in [0.29, 0.717) is 16.8 Å². The van der Waals surface area contributed by atoms with Crippen molar-refractivity contribution in [2.75, 3.05) is 4.90 Å². The summed E-state index contributed by atoms with van der Waals surface area (Å²) in [5.74, 6) is -1.15. The number of amides is 2. The zero-order valence-electron chi connectivity index (χ0n) is 21.0. The second kappa shape index (κ2) is 12.5.